The summed E-state index contributed by atoms with van der Waals surface area (Å²) < 4.78 is 28.5. The lowest BCUT2D eigenvalue weighted by molar-refractivity contribution is -0.143. The SMILES string of the molecule is CS(=O)(=O)c1ccc(C2CC(C(=O)O)CN(C(=O)N3CCOCC3)C2)cc1. The van der Waals surface area contributed by atoms with Crippen LogP contribution in [0.2, 0.25) is 0 Å². The Kier molecular flexibility index (Phi) is 5.71. The number of ether oxygens (including phenoxy) is 1. The molecule has 8 nitrogen and oxygen atoms in total. The normalized spacial score (nSPS) is 23.9. The molecule has 0 aromatic heterocycles. The summed E-state index contributed by atoms with van der Waals surface area (Å²) in [6.07, 6.45) is 1.56. The number of hydrogen-bond donors (Lipinski definition) is 1. The molecule has 2 atom stereocenters. The number of morpholine rings is 1. The van der Waals surface area contributed by atoms with Crippen molar-refractivity contribution in [3.8, 4) is 0 Å². The average Bonchev–Trinajstić information content (AvgIpc) is 2.67. The molecular formula is C18H24N2O6S. The molecule has 1 N–H and O–H groups in total. The van der Waals surface area contributed by atoms with Crippen molar-refractivity contribution in [3.63, 3.8) is 0 Å². The molecule has 2 unspecified atom stereocenters. The van der Waals surface area contributed by atoms with E-state index in [2.05, 4.69) is 0 Å². The van der Waals surface area contributed by atoms with Crippen molar-refractivity contribution in [1.29, 1.82) is 0 Å². The van der Waals surface area contributed by atoms with Crippen LogP contribution < -0.4 is 0 Å². The number of likely N-dealkylation sites (tertiary alicyclic amines) is 1. The van der Waals surface area contributed by atoms with Gasteiger partial charge in [0.05, 0.1) is 24.0 Å². The van der Waals surface area contributed by atoms with Gasteiger partial charge < -0.3 is 19.6 Å². The Morgan fingerprint density at radius 3 is 2.26 bits per heavy atom. The number of piperidine rings is 1. The Balaban J connectivity index is 1.80. The first kappa shape index (κ1) is 19.6. The molecule has 9 heteroatoms. The van der Waals surface area contributed by atoms with Crippen molar-refractivity contribution in [2.24, 2.45) is 5.92 Å². The van der Waals surface area contributed by atoms with Gasteiger partial charge in [-0.3, -0.25) is 4.79 Å². The fraction of sp³-hybridized carbons (Fsp3) is 0.556. The highest BCUT2D eigenvalue weighted by Crippen LogP contribution is 2.31. The number of aliphatic carboxylic acids is 1. The fourth-order valence-corrected chi connectivity index (χ4v) is 4.25. The van der Waals surface area contributed by atoms with E-state index >= 15 is 0 Å². The van der Waals surface area contributed by atoms with E-state index in [1.54, 1.807) is 21.9 Å². The van der Waals surface area contributed by atoms with Crippen LogP contribution in [0.5, 0.6) is 0 Å². The van der Waals surface area contributed by atoms with Crippen molar-refractivity contribution in [1.82, 2.24) is 9.80 Å². The molecule has 0 bridgehead atoms. The van der Waals surface area contributed by atoms with Crippen LogP contribution in [0.25, 0.3) is 0 Å². The van der Waals surface area contributed by atoms with Gasteiger partial charge in [0.1, 0.15) is 0 Å². The smallest absolute Gasteiger partial charge is 0.320 e. The molecule has 0 aliphatic carbocycles. The minimum Gasteiger partial charge on any atom is -0.481 e. The van der Waals surface area contributed by atoms with Gasteiger partial charge in [0.25, 0.3) is 0 Å². The van der Waals surface area contributed by atoms with Gasteiger partial charge in [0.2, 0.25) is 0 Å². The molecule has 2 fully saturated rings. The summed E-state index contributed by atoms with van der Waals surface area (Å²) in [5.41, 5.74) is 0.841. The van der Waals surface area contributed by atoms with Crippen LogP contribution in [0.3, 0.4) is 0 Å². The second kappa shape index (κ2) is 7.85. The molecule has 1 aromatic carbocycles. The Bertz CT molecular complexity index is 802. The highest BCUT2D eigenvalue weighted by molar-refractivity contribution is 7.90. The van der Waals surface area contributed by atoms with E-state index in [-0.39, 0.29) is 23.4 Å². The third-order valence-electron chi connectivity index (χ3n) is 5.13. The molecule has 3 rings (SSSR count). The van der Waals surface area contributed by atoms with E-state index in [4.69, 9.17) is 4.74 Å². The number of carbonyl (C=O) groups excluding carboxylic acids is 1. The minimum atomic E-state index is -3.29. The molecule has 2 aliphatic rings. The second-order valence-electron chi connectivity index (χ2n) is 7.10. The third kappa shape index (κ3) is 4.59. The summed E-state index contributed by atoms with van der Waals surface area (Å²) in [4.78, 5) is 27.9. The lowest BCUT2D eigenvalue weighted by Crippen LogP contribution is -2.53. The summed E-state index contributed by atoms with van der Waals surface area (Å²) in [5, 5.41) is 9.51. The quantitative estimate of drug-likeness (QED) is 0.818. The Labute approximate surface area is 158 Å². The molecule has 0 spiro atoms. The van der Waals surface area contributed by atoms with Gasteiger partial charge in [-0.15, -0.1) is 0 Å². The van der Waals surface area contributed by atoms with E-state index in [1.807, 2.05) is 0 Å². The maximum atomic E-state index is 12.8. The van der Waals surface area contributed by atoms with Gasteiger partial charge in [0.15, 0.2) is 9.84 Å². The van der Waals surface area contributed by atoms with Crippen LogP contribution in [-0.2, 0) is 19.4 Å². The third-order valence-corrected chi connectivity index (χ3v) is 6.26. The van der Waals surface area contributed by atoms with E-state index in [0.717, 1.165) is 11.8 Å². The molecule has 2 saturated heterocycles. The number of amides is 2. The molecule has 2 heterocycles. The lowest BCUT2D eigenvalue weighted by atomic mass is 9.84. The summed E-state index contributed by atoms with van der Waals surface area (Å²) >= 11 is 0. The Hall–Kier alpha value is -2.13. The van der Waals surface area contributed by atoms with Gasteiger partial charge in [0, 0.05) is 38.4 Å². The number of urea groups is 1. The topological polar surface area (TPSA) is 104 Å². The standard InChI is InChI=1S/C18H24N2O6S/c1-27(24,25)16-4-2-13(3-5-16)14-10-15(17(21)22)12-20(11-14)18(23)19-6-8-26-9-7-19/h2-5,14-15H,6-12H2,1H3,(H,21,22). The fourth-order valence-electron chi connectivity index (χ4n) is 3.62. The average molecular weight is 396 g/mol. The maximum absolute atomic E-state index is 12.8. The summed E-state index contributed by atoms with van der Waals surface area (Å²) in [5.74, 6) is -1.73. The summed E-state index contributed by atoms with van der Waals surface area (Å²) in [6.45, 7) is 2.57. The van der Waals surface area contributed by atoms with Gasteiger partial charge >= 0.3 is 12.0 Å². The second-order valence-corrected chi connectivity index (χ2v) is 9.11. The number of carboxylic acids is 1. The predicted molar refractivity (Wildman–Crippen MR) is 97.4 cm³/mol. The number of hydrogen-bond acceptors (Lipinski definition) is 5. The van der Waals surface area contributed by atoms with Crippen LogP contribution in [0.4, 0.5) is 4.79 Å². The van der Waals surface area contributed by atoms with Crippen LogP contribution in [0, 0.1) is 5.92 Å². The molecule has 1 aromatic rings. The highest BCUT2D eigenvalue weighted by atomic mass is 32.2. The number of nitrogens with zero attached hydrogens (tertiary/aromatic N) is 2. The zero-order valence-corrected chi connectivity index (χ0v) is 16.0. The molecule has 0 saturated carbocycles. The van der Waals surface area contributed by atoms with Crippen LogP contribution in [-0.4, -0.2) is 81.0 Å². The Morgan fingerprint density at radius 2 is 1.70 bits per heavy atom. The number of rotatable bonds is 3. The van der Waals surface area contributed by atoms with E-state index in [1.165, 1.54) is 12.1 Å². The zero-order valence-electron chi connectivity index (χ0n) is 15.2. The largest absolute Gasteiger partial charge is 0.481 e. The van der Waals surface area contributed by atoms with Crippen molar-refractivity contribution >= 4 is 21.8 Å². The number of carbonyl (C=O) groups is 2. The predicted octanol–water partition coefficient (Wildman–Crippen LogP) is 1.03. The van der Waals surface area contributed by atoms with Gasteiger partial charge in [-0.05, 0) is 24.1 Å². The molecule has 27 heavy (non-hydrogen) atoms. The van der Waals surface area contributed by atoms with Crippen molar-refractivity contribution < 1.29 is 27.9 Å². The first-order valence-electron chi connectivity index (χ1n) is 8.90. The maximum Gasteiger partial charge on any atom is 0.320 e. The first-order valence-corrected chi connectivity index (χ1v) is 10.8. The van der Waals surface area contributed by atoms with E-state index in [9.17, 15) is 23.1 Å². The lowest BCUT2D eigenvalue weighted by Gasteiger charge is -2.40. The van der Waals surface area contributed by atoms with Gasteiger partial charge in [-0.2, -0.15) is 0 Å². The molecule has 148 valence electrons. The molecule has 2 aliphatic heterocycles. The number of sulfone groups is 1. The van der Waals surface area contributed by atoms with Gasteiger partial charge in [-0.1, -0.05) is 12.1 Å². The molecule has 2 amide bonds. The zero-order chi connectivity index (χ0) is 19.6. The Morgan fingerprint density at radius 1 is 1.07 bits per heavy atom. The minimum absolute atomic E-state index is 0.154. The first-order chi connectivity index (χ1) is 12.8. The summed E-state index contributed by atoms with van der Waals surface area (Å²) in [6, 6.07) is 6.32. The number of carboxylic acid groups (broad SMARTS) is 1. The van der Waals surface area contributed by atoms with Crippen molar-refractivity contribution in [3.05, 3.63) is 29.8 Å². The van der Waals surface area contributed by atoms with Crippen molar-refractivity contribution in [2.75, 3.05) is 45.6 Å². The highest BCUT2D eigenvalue weighted by Gasteiger charge is 2.36. The monoisotopic (exact) mass is 396 g/mol. The van der Waals surface area contributed by atoms with Crippen LogP contribution in [0.15, 0.2) is 29.2 Å². The summed E-state index contributed by atoms with van der Waals surface area (Å²) in [7, 11) is -3.29. The molecular weight excluding hydrogens is 372 g/mol. The number of benzene rings is 1. The van der Waals surface area contributed by atoms with E-state index < -0.39 is 21.7 Å². The van der Waals surface area contributed by atoms with Crippen molar-refractivity contribution in [2.45, 2.75) is 17.2 Å². The van der Waals surface area contributed by atoms with Gasteiger partial charge in [-0.25, -0.2) is 13.2 Å². The molecule has 0 radical (unpaired) electrons. The van der Waals surface area contributed by atoms with Crippen LogP contribution in [0.1, 0.15) is 17.9 Å². The van der Waals surface area contributed by atoms with E-state index in [0.29, 0.717) is 39.3 Å². The van der Waals surface area contributed by atoms with Crippen LogP contribution >= 0.6 is 0 Å².